The molecule has 94 valence electrons. The van der Waals surface area contributed by atoms with Gasteiger partial charge in [-0.25, -0.2) is 0 Å². The molecular weight excluding hydrogens is 233 g/mol. The fourth-order valence-electron chi connectivity index (χ4n) is 1.68. The number of alkyl halides is 3. The van der Waals surface area contributed by atoms with Crippen LogP contribution >= 0.6 is 0 Å². The highest BCUT2D eigenvalue weighted by Crippen LogP contribution is 2.31. The Hall–Kier alpha value is -1.46. The molecule has 0 spiro atoms. The molecule has 17 heavy (non-hydrogen) atoms. The molecule has 1 aromatic rings. The van der Waals surface area contributed by atoms with Crippen molar-refractivity contribution in [1.82, 2.24) is 9.88 Å². The number of carbonyl (C=O) groups is 1. The Labute approximate surface area is 96.6 Å². The number of hydrogen-bond donors (Lipinski definition) is 1. The summed E-state index contributed by atoms with van der Waals surface area (Å²) in [5.74, 6) is -0.351. The smallest absolute Gasteiger partial charge is 0.357 e. The number of H-pyrrole nitrogens is 1. The van der Waals surface area contributed by atoms with E-state index in [2.05, 4.69) is 4.98 Å². The van der Waals surface area contributed by atoms with E-state index in [0.29, 0.717) is 0 Å². The molecule has 0 aliphatic heterocycles. The van der Waals surface area contributed by atoms with Crippen molar-refractivity contribution < 1.29 is 18.0 Å². The lowest BCUT2D eigenvalue weighted by molar-refractivity contribution is -0.141. The van der Waals surface area contributed by atoms with Crippen molar-refractivity contribution in [2.75, 3.05) is 13.1 Å². The van der Waals surface area contributed by atoms with E-state index in [1.165, 1.54) is 12.3 Å². The van der Waals surface area contributed by atoms with E-state index in [4.69, 9.17) is 0 Å². The third-order valence-corrected chi connectivity index (χ3v) is 2.66. The molecule has 1 N–H and O–H groups in total. The zero-order chi connectivity index (χ0) is 12.5. The predicted molar refractivity (Wildman–Crippen MR) is 55.5 cm³/mol. The molecule has 1 amide bonds. The van der Waals surface area contributed by atoms with Gasteiger partial charge >= 0.3 is 6.18 Å². The summed E-state index contributed by atoms with van der Waals surface area (Å²) in [5, 5.41) is 0. The first-order chi connectivity index (χ1) is 7.96. The normalized spacial score (nSPS) is 15.9. The minimum atomic E-state index is -4.35. The largest absolute Gasteiger partial charge is 0.406 e. The lowest BCUT2D eigenvalue weighted by atomic mass is 10.3. The summed E-state index contributed by atoms with van der Waals surface area (Å²) in [4.78, 5) is 15.4. The zero-order valence-electron chi connectivity index (χ0n) is 9.13. The summed E-state index contributed by atoms with van der Waals surface area (Å²) in [6, 6.07) is 3.08. The second kappa shape index (κ2) is 4.43. The number of carbonyl (C=O) groups excluding carboxylic acids is 1. The van der Waals surface area contributed by atoms with Crippen molar-refractivity contribution in [1.29, 1.82) is 0 Å². The highest BCUT2D eigenvalue weighted by atomic mass is 19.4. The van der Waals surface area contributed by atoms with E-state index in [9.17, 15) is 18.0 Å². The second-order valence-electron chi connectivity index (χ2n) is 4.33. The Kier molecular flexibility index (Phi) is 3.13. The van der Waals surface area contributed by atoms with Crippen molar-refractivity contribution in [3.63, 3.8) is 0 Å². The molecule has 0 radical (unpaired) electrons. The average molecular weight is 246 g/mol. The molecule has 1 aliphatic carbocycles. The van der Waals surface area contributed by atoms with Crippen LogP contribution in [0.5, 0.6) is 0 Å². The number of aromatic amines is 1. The lowest BCUT2D eigenvalue weighted by Crippen LogP contribution is -2.40. The van der Waals surface area contributed by atoms with Gasteiger partial charge < -0.3 is 9.88 Å². The van der Waals surface area contributed by atoms with E-state index in [1.54, 1.807) is 6.07 Å². The summed E-state index contributed by atoms with van der Waals surface area (Å²) >= 11 is 0. The van der Waals surface area contributed by atoms with Gasteiger partial charge in [-0.3, -0.25) is 4.79 Å². The highest BCUT2D eigenvalue weighted by molar-refractivity contribution is 5.92. The van der Waals surface area contributed by atoms with Crippen LogP contribution in [0.1, 0.15) is 23.3 Å². The molecule has 1 aromatic heterocycles. The molecule has 0 atom stereocenters. The Balaban J connectivity index is 2.06. The highest BCUT2D eigenvalue weighted by Gasteiger charge is 2.36. The fourth-order valence-corrected chi connectivity index (χ4v) is 1.68. The molecule has 1 aliphatic rings. The third kappa shape index (κ3) is 3.51. The monoisotopic (exact) mass is 246 g/mol. The lowest BCUT2D eigenvalue weighted by Gasteiger charge is -2.23. The molecule has 3 nitrogen and oxygen atoms in total. The predicted octanol–water partition coefficient (Wildman–Crippen LogP) is 2.43. The fraction of sp³-hybridized carbons (Fsp3) is 0.545. The van der Waals surface area contributed by atoms with Gasteiger partial charge in [-0.2, -0.15) is 13.2 Å². The first kappa shape index (κ1) is 12.0. The number of nitrogens with one attached hydrogen (secondary N) is 1. The van der Waals surface area contributed by atoms with Gasteiger partial charge in [-0.05, 0) is 30.9 Å². The van der Waals surface area contributed by atoms with Gasteiger partial charge in [0.15, 0.2) is 0 Å². The molecule has 6 heteroatoms. The van der Waals surface area contributed by atoms with E-state index >= 15 is 0 Å². The summed E-state index contributed by atoms with van der Waals surface area (Å²) in [6.45, 7) is -0.987. The quantitative estimate of drug-likeness (QED) is 0.870. The van der Waals surface area contributed by atoms with Gasteiger partial charge in [0, 0.05) is 12.7 Å². The van der Waals surface area contributed by atoms with Crippen LogP contribution in [0.4, 0.5) is 13.2 Å². The van der Waals surface area contributed by atoms with E-state index in [0.717, 1.165) is 17.7 Å². The topological polar surface area (TPSA) is 36.1 Å². The van der Waals surface area contributed by atoms with Crippen LogP contribution in [0.3, 0.4) is 0 Å². The van der Waals surface area contributed by atoms with Crippen molar-refractivity contribution >= 4 is 5.91 Å². The number of hydrogen-bond acceptors (Lipinski definition) is 1. The summed E-state index contributed by atoms with van der Waals surface area (Å²) in [7, 11) is 0. The Morgan fingerprint density at radius 2 is 2.18 bits per heavy atom. The molecule has 1 saturated carbocycles. The average Bonchev–Trinajstić information content (AvgIpc) is 2.87. The van der Waals surface area contributed by atoms with Crippen LogP contribution in [0.15, 0.2) is 18.3 Å². The minimum Gasteiger partial charge on any atom is -0.357 e. The third-order valence-electron chi connectivity index (χ3n) is 2.66. The van der Waals surface area contributed by atoms with Crippen LogP contribution in [0, 0.1) is 5.92 Å². The molecule has 0 bridgehead atoms. The van der Waals surface area contributed by atoms with Gasteiger partial charge in [0.2, 0.25) is 0 Å². The number of aromatic nitrogens is 1. The SMILES string of the molecule is O=C(c1ccc[nH]1)N(CC1CC1)CC(F)(F)F. The van der Waals surface area contributed by atoms with Crippen LogP contribution in [0.25, 0.3) is 0 Å². The maximum atomic E-state index is 12.4. The molecule has 2 rings (SSSR count). The maximum Gasteiger partial charge on any atom is 0.406 e. The minimum absolute atomic E-state index is 0.192. The van der Waals surface area contributed by atoms with E-state index in [-0.39, 0.29) is 18.2 Å². The Bertz CT molecular complexity index is 382. The van der Waals surface area contributed by atoms with Crippen LogP contribution in [-0.4, -0.2) is 35.1 Å². The van der Waals surface area contributed by atoms with Crippen molar-refractivity contribution in [3.05, 3.63) is 24.0 Å². The zero-order valence-corrected chi connectivity index (χ0v) is 9.13. The molecule has 0 saturated heterocycles. The van der Waals surface area contributed by atoms with Crippen molar-refractivity contribution in [3.8, 4) is 0 Å². The van der Waals surface area contributed by atoms with Gasteiger partial charge in [0.1, 0.15) is 12.2 Å². The summed E-state index contributed by atoms with van der Waals surface area (Å²) in [6.07, 6.45) is -1.01. The first-order valence-corrected chi connectivity index (χ1v) is 5.45. The maximum absolute atomic E-state index is 12.4. The second-order valence-corrected chi connectivity index (χ2v) is 4.33. The number of rotatable bonds is 4. The van der Waals surface area contributed by atoms with Gasteiger partial charge in [0.05, 0.1) is 0 Å². The molecule has 0 unspecified atom stereocenters. The first-order valence-electron chi connectivity index (χ1n) is 5.45. The van der Waals surface area contributed by atoms with Gasteiger partial charge in [-0.1, -0.05) is 0 Å². The summed E-state index contributed by atoms with van der Waals surface area (Å²) < 4.78 is 37.1. The van der Waals surface area contributed by atoms with E-state index in [1.807, 2.05) is 0 Å². The Morgan fingerprint density at radius 1 is 1.47 bits per heavy atom. The number of amides is 1. The molecule has 1 heterocycles. The number of nitrogens with zero attached hydrogens (tertiary/aromatic N) is 1. The Morgan fingerprint density at radius 3 is 2.65 bits per heavy atom. The van der Waals surface area contributed by atoms with Gasteiger partial charge in [-0.15, -0.1) is 0 Å². The number of halogens is 3. The van der Waals surface area contributed by atoms with Crippen molar-refractivity contribution in [2.45, 2.75) is 19.0 Å². The van der Waals surface area contributed by atoms with Crippen LogP contribution < -0.4 is 0 Å². The van der Waals surface area contributed by atoms with E-state index < -0.39 is 18.6 Å². The van der Waals surface area contributed by atoms with Gasteiger partial charge in [0.25, 0.3) is 5.91 Å². The standard InChI is InChI=1S/C11H13F3N2O/c12-11(13,14)7-16(6-8-3-4-8)10(17)9-2-1-5-15-9/h1-2,5,8,15H,3-4,6-7H2. The molecular formula is C11H13F3N2O. The molecule has 0 aromatic carbocycles. The van der Waals surface area contributed by atoms with Crippen molar-refractivity contribution in [2.24, 2.45) is 5.92 Å². The van der Waals surface area contributed by atoms with Crippen LogP contribution in [-0.2, 0) is 0 Å². The van der Waals surface area contributed by atoms with Crippen LogP contribution in [0.2, 0.25) is 0 Å². The molecule has 1 fully saturated rings. The summed E-state index contributed by atoms with van der Waals surface area (Å²) in [5.41, 5.74) is 0.204.